The topological polar surface area (TPSA) is 75.6 Å². The highest BCUT2D eigenvalue weighted by Crippen LogP contribution is 2.19. The van der Waals surface area contributed by atoms with E-state index in [0.717, 1.165) is 12.8 Å². The normalized spacial score (nSPS) is 16.1. The van der Waals surface area contributed by atoms with Gasteiger partial charge in [-0.1, -0.05) is 0 Å². The van der Waals surface area contributed by atoms with Crippen molar-refractivity contribution in [2.75, 3.05) is 20.1 Å². The number of piperidine rings is 1. The van der Waals surface area contributed by atoms with Gasteiger partial charge in [0.25, 0.3) is 5.91 Å². The van der Waals surface area contributed by atoms with E-state index in [2.05, 4.69) is 9.97 Å². The highest BCUT2D eigenvalue weighted by molar-refractivity contribution is 5.92. The van der Waals surface area contributed by atoms with Crippen molar-refractivity contribution in [2.45, 2.75) is 45.3 Å². The molecule has 1 aliphatic rings. The van der Waals surface area contributed by atoms with E-state index in [4.69, 9.17) is 4.74 Å². The van der Waals surface area contributed by atoms with Crippen LogP contribution in [-0.2, 0) is 4.74 Å². The zero-order chi connectivity index (χ0) is 17.0. The van der Waals surface area contributed by atoms with E-state index in [1.165, 1.54) is 12.4 Å². The van der Waals surface area contributed by atoms with Crippen LogP contribution in [0.4, 0.5) is 4.79 Å². The van der Waals surface area contributed by atoms with Crippen LogP contribution < -0.4 is 0 Å². The maximum absolute atomic E-state index is 12.3. The SMILES string of the molecule is CN(C(=O)OC(C)(C)C)C1CCN(C(=O)c2cnccn2)CC1. The van der Waals surface area contributed by atoms with Crippen molar-refractivity contribution in [2.24, 2.45) is 0 Å². The molecule has 23 heavy (non-hydrogen) atoms. The van der Waals surface area contributed by atoms with Crippen molar-refractivity contribution in [1.82, 2.24) is 19.8 Å². The minimum Gasteiger partial charge on any atom is -0.444 e. The first-order valence-electron chi connectivity index (χ1n) is 7.79. The Morgan fingerprint density at radius 3 is 2.43 bits per heavy atom. The second kappa shape index (κ2) is 6.93. The molecule has 0 unspecified atom stereocenters. The van der Waals surface area contributed by atoms with E-state index in [1.54, 1.807) is 23.0 Å². The molecule has 126 valence electrons. The molecule has 7 heteroatoms. The third-order valence-electron chi connectivity index (χ3n) is 3.76. The van der Waals surface area contributed by atoms with E-state index < -0.39 is 5.60 Å². The summed E-state index contributed by atoms with van der Waals surface area (Å²) in [6, 6.07) is 0.0794. The molecule has 2 amide bonds. The fourth-order valence-corrected chi connectivity index (χ4v) is 2.51. The van der Waals surface area contributed by atoms with Gasteiger partial charge in [-0.25, -0.2) is 9.78 Å². The Morgan fingerprint density at radius 1 is 1.26 bits per heavy atom. The number of carbonyl (C=O) groups is 2. The lowest BCUT2D eigenvalue weighted by atomic mass is 10.0. The van der Waals surface area contributed by atoms with Gasteiger partial charge in [-0.15, -0.1) is 0 Å². The van der Waals surface area contributed by atoms with Gasteiger partial charge in [-0.3, -0.25) is 9.78 Å². The number of hydrogen-bond acceptors (Lipinski definition) is 5. The Bertz CT molecular complexity index is 548. The van der Waals surface area contributed by atoms with Crippen LogP contribution >= 0.6 is 0 Å². The van der Waals surface area contributed by atoms with Gasteiger partial charge in [0.05, 0.1) is 6.20 Å². The second-order valence-electron chi connectivity index (χ2n) is 6.71. The average Bonchev–Trinajstić information content (AvgIpc) is 2.53. The molecule has 1 fully saturated rings. The summed E-state index contributed by atoms with van der Waals surface area (Å²) >= 11 is 0. The van der Waals surface area contributed by atoms with Gasteiger partial charge in [0, 0.05) is 38.6 Å². The van der Waals surface area contributed by atoms with E-state index in [0.29, 0.717) is 18.8 Å². The van der Waals surface area contributed by atoms with Gasteiger partial charge in [-0.2, -0.15) is 0 Å². The Labute approximate surface area is 136 Å². The molecule has 1 aliphatic heterocycles. The monoisotopic (exact) mass is 320 g/mol. The Morgan fingerprint density at radius 2 is 1.91 bits per heavy atom. The van der Waals surface area contributed by atoms with Gasteiger partial charge in [-0.05, 0) is 33.6 Å². The number of ether oxygens (including phenoxy) is 1. The fraction of sp³-hybridized carbons (Fsp3) is 0.625. The molecule has 2 heterocycles. The lowest BCUT2D eigenvalue weighted by molar-refractivity contribution is 0.0155. The van der Waals surface area contributed by atoms with Crippen LogP contribution in [0.15, 0.2) is 18.6 Å². The molecule has 1 saturated heterocycles. The molecule has 0 saturated carbocycles. The molecule has 0 atom stereocenters. The van der Waals surface area contributed by atoms with E-state index in [9.17, 15) is 9.59 Å². The summed E-state index contributed by atoms with van der Waals surface area (Å²) < 4.78 is 5.38. The summed E-state index contributed by atoms with van der Waals surface area (Å²) in [7, 11) is 1.75. The number of likely N-dealkylation sites (tertiary alicyclic amines) is 1. The van der Waals surface area contributed by atoms with Crippen molar-refractivity contribution in [3.63, 3.8) is 0 Å². The summed E-state index contributed by atoms with van der Waals surface area (Å²) in [5, 5.41) is 0. The number of nitrogens with zero attached hydrogens (tertiary/aromatic N) is 4. The first-order chi connectivity index (χ1) is 10.8. The zero-order valence-corrected chi connectivity index (χ0v) is 14.2. The van der Waals surface area contributed by atoms with Crippen LogP contribution in [-0.4, -0.2) is 63.5 Å². The van der Waals surface area contributed by atoms with Crippen LogP contribution in [0.2, 0.25) is 0 Å². The predicted molar refractivity (Wildman–Crippen MR) is 85.0 cm³/mol. The summed E-state index contributed by atoms with van der Waals surface area (Å²) in [6.45, 7) is 6.73. The lowest BCUT2D eigenvalue weighted by Crippen LogP contribution is -2.48. The molecule has 1 aromatic heterocycles. The third kappa shape index (κ3) is 4.64. The molecular weight excluding hydrogens is 296 g/mol. The Hall–Kier alpha value is -2.18. The summed E-state index contributed by atoms with van der Waals surface area (Å²) in [4.78, 5) is 35.8. The smallest absolute Gasteiger partial charge is 0.410 e. The number of aromatic nitrogens is 2. The maximum Gasteiger partial charge on any atom is 0.410 e. The van der Waals surface area contributed by atoms with Crippen molar-refractivity contribution < 1.29 is 14.3 Å². The molecular formula is C16H24N4O3. The third-order valence-corrected chi connectivity index (χ3v) is 3.76. The fourth-order valence-electron chi connectivity index (χ4n) is 2.51. The van der Waals surface area contributed by atoms with Crippen LogP contribution in [0.1, 0.15) is 44.1 Å². The number of hydrogen-bond donors (Lipinski definition) is 0. The summed E-state index contributed by atoms with van der Waals surface area (Å²) in [5.41, 5.74) is -0.153. The van der Waals surface area contributed by atoms with E-state index in [1.807, 2.05) is 20.8 Å². The van der Waals surface area contributed by atoms with Crippen molar-refractivity contribution in [3.05, 3.63) is 24.3 Å². The maximum atomic E-state index is 12.3. The minimum absolute atomic E-state index is 0.0794. The lowest BCUT2D eigenvalue weighted by Gasteiger charge is -2.37. The van der Waals surface area contributed by atoms with Crippen molar-refractivity contribution in [1.29, 1.82) is 0 Å². The molecule has 1 aromatic rings. The molecule has 7 nitrogen and oxygen atoms in total. The van der Waals surface area contributed by atoms with Gasteiger partial charge in [0.2, 0.25) is 0 Å². The van der Waals surface area contributed by atoms with Gasteiger partial charge in [0.1, 0.15) is 11.3 Å². The van der Waals surface area contributed by atoms with Gasteiger partial charge in [0.15, 0.2) is 0 Å². The number of carbonyl (C=O) groups excluding carboxylic acids is 2. The van der Waals surface area contributed by atoms with Crippen LogP contribution in [0.3, 0.4) is 0 Å². The van der Waals surface area contributed by atoms with Crippen LogP contribution in [0, 0.1) is 0 Å². The Balaban J connectivity index is 1.88. The molecule has 0 bridgehead atoms. The molecule has 0 radical (unpaired) electrons. The summed E-state index contributed by atoms with van der Waals surface area (Å²) in [6.07, 6.45) is 5.65. The molecule has 0 N–H and O–H groups in total. The van der Waals surface area contributed by atoms with Gasteiger partial charge >= 0.3 is 6.09 Å². The number of amides is 2. The molecule has 0 spiro atoms. The van der Waals surface area contributed by atoms with Crippen molar-refractivity contribution >= 4 is 12.0 Å². The van der Waals surface area contributed by atoms with Crippen LogP contribution in [0.25, 0.3) is 0 Å². The standard InChI is InChI=1S/C16H24N4O3/c1-16(2,3)23-15(22)19(4)12-5-9-20(10-6-12)14(21)13-11-17-7-8-18-13/h7-8,11-12H,5-6,9-10H2,1-4H3. The second-order valence-corrected chi connectivity index (χ2v) is 6.71. The number of rotatable bonds is 2. The van der Waals surface area contributed by atoms with E-state index >= 15 is 0 Å². The Kier molecular flexibility index (Phi) is 5.18. The predicted octanol–water partition coefficient (Wildman–Crippen LogP) is 1.95. The van der Waals surface area contributed by atoms with Crippen LogP contribution in [0.5, 0.6) is 0 Å². The molecule has 2 rings (SSSR count). The first kappa shape index (κ1) is 17.2. The largest absolute Gasteiger partial charge is 0.444 e. The minimum atomic E-state index is -0.506. The first-order valence-corrected chi connectivity index (χ1v) is 7.79. The average molecular weight is 320 g/mol. The highest BCUT2D eigenvalue weighted by Gasteiger charge is 2.30. The molecule has 0 aliphatic carbocycles. The van der Waals surface area contributed by atoms with Crippen molar-refractivity contribution in [3.8, 4) is 0 Å². The zero-order valence-electron chi connectivity index (χ0n) is 14.2. The van der Waals surface area contributed by atoms with Gasteiger partial charge < -0.3 is 14.5 Å². The highest BCUT2D eigenvalue weighted by atomic mass is 16.6. The summed E-state index contributed by atoms with van der Waals surface area (Å²) in [5.74, 6) is -0.114. The molecule has 0 aromatic carbocycles. The van der Waals surface area contributed by atoms with E-state index in [-0.39, 0.29) is 18.0 Å². The quantitative estimate of drug-likeness (QED) is 0.832.